The highest BCUT2D eigenvalue weighted by atomic mass is 19.4. The highest BCUT2D eigenvalue weighted by Gasteiger charge is 2.33. The van der Waals surface area contributed by atoms with Crippen molar-refractivity contribution < 1.29 is 13.2 Å². The zero-order chi connectivity index (χ0) is 13.9. The molecule has 96 valence electrons. The molecule has 0 bridgehead atoms. The molecule has 0 spiro atoms. The second-order valence-electron chi connectivity index (χ2n) is 3.89. The molecule has 0 saturated heterocycles. The van der Waals surface area contributed by atoms with Gasteiger partial charge < -0.3 is 0 Å². The molecule has 0 aliphatic heterocycles. The number of halogens is 3. The van der Waals surface area contributed by atoms with Crippen molar-refractivity contribution >= 4 is 0 Å². The summed E-state index contributed by atoms with van der Waals surface area (Å²) in [6.45, 7) is 0. The molecule has 1 aromatic heterocycles. The molecule has 1 aromatic carbocycles. The Bertz CT molecular complexity index is 627. The Hall–Kier alpha value is -2.35. The molecular weight excluding hydrogens is 253 g/mol. The largest absolute Gasteiger partial charge is 0.417 e. The normalized spacial score (nSPS) is 11.1. The van der Waals surface area contributed by atoms with Gasteiger partial charge in [0.2, 0.25) is 0 Å². The molecule has 0 N–H and O–H groups in total. The molecule has 19 heavy (non-hydrogen) atoms. The van der Waals surface area contributed by atoms with E-state index in [-0.39, 0.29) is 17.7 Å². The van der Waals surface area contributed by atoms with Gasteiger partial charge in [-0.3, -0.25) is 4.98 Å². The SMILES string of the molecule is N#CCc1cccc(-c2ccccc2C(F)(F)F)n1. The molecule has 1 heterocycles. The van der Waals surface area contributed by atoms with Gasteiger partial charge in [0.25, 0.3) is 0 Å². The minimum atomic E-state index is -4.43. The Morgan fingerprint density at radius 2 is 1.79 bits per heavy atom. The minimum absolute atomic E-state index is 0.0230. The number of nitrogens with zero attached hydrogens (tertiary/aromatic N) is 2. The smallest absolute Gasteiger partial charge is 0.252 e. The standard InChI is InChI=1S/C14H9F3N2/c15-14(16,17)12-6-2-1-5-11(12)13-7-3-4-10(19-13)8-9-18/h1-7H,8H2. The molecule has 0 fully saturated rings. The second-order valence-corrected chi connectivity index (χ2v) is 3.89. The Kier molecular flexibility index (Phi) is 3.52. The molecule has 2 aromatic rings. The summed E-state index contributed by atoms with van der Waals surface area (Å²) in [6, 6.07) is 11.9. The monoisotopic (exact) mass is 262 g/mol. The number of nitriles is 1. The first-order valence-electron chi connectivity index (χ1n) is 5.52. The molecule has 0 amide bonds. The van der Waals surface area contributed by atoms with E-state index in [1.54, 1.807) is 12.1 Å². The van der Waals surface area contributed by atoms with E-state index in [0.29, 0.717) is 5.69 Å². The number of hydrogen-bond acceptors (Lipinski definition) is 2. The molecule has 2 rings (SSSR count). The predicted molar refractivity (Wildman–Crippen MR) is 64.0 cm³/mol. The van der Waals surface area contributed by atoms with Crippen LogP contribution in [0.3, 0.4) is 0 Å². The van der Waals surface area contributed by atoms with Crippen molar-refractivity contribution in [2.75, 3.05) is 0 Å². The van der Waals surface area contributed by atoms with E-state index in [4.69, 9.17) is 5.26 Å². The number of rotatable bonds is 2. The first kappa shape index (κ1) is 13.1. The van der Waals surface area contributed by atoms with Gasteiger partial charge in [-0.2, -0.15) is 18.4 Å². The van der Waals surface area contributed by atoms with Crippen LogP contribution in [0.25, 0.3) is 11.3 Å². The van der Waals surface area contributed by atoms with E-state index in [2.05, 4.69) is 4.98 Å². The van der Waals surface area contributed by atoms with E-state index in [9.17, 15) is 13.2 Å². The van der Waals surface area contributed by atoms with E-state index in [1.807, 2.05) is 6.07 Å². The van der Waals surface area contributed by atoms with Crippen LogP contribution in [-0.4, -0.2) is 4.98 Å². The summed E-state index contributed by atoms with van der Waals surface area (Å²) >= 11 is 0. The first-order valence-corrected chi connectivity index (χ1v) is 5.52. The van der Waals surface area contributed by atoms with E-state index >= 15 is 0 Å². The predicted octanol–water partition coefficient (Wildman–Crippen LogP) is 3.83. The molecule has 0 saturated carbocycles. The van der Waals surface area contributed by atoms with Gasteiger partial charge in [0.1, 0.15) is 0 Å². The van der Waals surface area contributed by atoms with Gasteiger partial charge in [-0.1, -0.05) is 24.3 Å². The van der Waals surface area contributed by atoms with Crippen LogP contribution in [0.15, 0.2) is 42.5 Å². The maximum Gasteiger partial charge on any atom is 0.417 e. The van der Waals surface area contributed by atoms with Crippen molar-refractivity contribution in [2.24, 2.45) is 0 Å². The fourth-order valence-electron chi connectivity index (χ4n) is 1.76. The quantitative estimate of drug-likeness (QED) is 0.824. The van der Waals surface area contributed by atoms with Crippen molar-refractivity contribution in [1.29, 1.82) is 5.26 Å². The summed E-state index contributed by atoms with van der Waals surface area (Å²) in [7, 11) is 0. The Labute approximate surface area is 108 Å². The topological polar surface area (TPSA) is 36.7 Å². The fourth-order valence-corrected chi connectivity index (χ4v) is 1.76. The number of pyridine rings is 1. The summed E-state index contributed by atoms with van der Waals surface area (Å²) in [5.41, 5.74) is -0.0240. The highest BCUT2D eigenvalue weighted by molar-refractivity contribution is 5.64. The number of hydrogen-bond donors (Lipinski definition) is 0. The Morgan fingerprint density at radius 1 is 1.05 bits per heavy atom. The van der Waals surface area contributed by atoms with Crippen LogP contribution in [0.4, 0.5) is 13.2 Å². The van der Waals surface area contributed by atoms with Crippen LogP contribution < -0.4 is 0 Å². The van der Waals surface area contributed by atoms with Crippen LogP contribution in [0.1, 0.15) is 11.3 Å². The zero-order valence-corrected chi connectivity index (χ0v) is 9.78. The lowest BCUT2D eigenvalue weighted by atomic mass is 10.0. The summed E-state index contributed by atoms with van der Waals surface area (Å²) in [5.74, 6) is 0. The third kappa shape index (κ3) is 2.91. The first-order chi connectivity index (χ1) is 9.02. The number of aromatic nitrogens is 1. The summed E-state index contributed by atoms with van der Waals surface area (Å²) in [6.07, 6.45) is -4.36. The van der Waals surface area contributed by atoms with Gasteiger partial charge in [-0.05, 0) is 18.2 Å². The summed E-state index contributed by atoms with van der Waals surface area (Å²) < 4.78 is 38.7. The van der Waals surface area contributed by atoms with Crippen molar-refractivity contribution in [1.82, 2.24) is 4.98 Å². The molecule has 0 aliphatic rings. The maximum absolute atomic E-state index is 12.9. The van der Waals surface area contributed by atoms with E-state index in [1.165, 1.54) is 24.3 Å². The van der Waals surface area contributed by atoms with Crippen molar-refractivity contribution in [3.05, 3.63) is 53.7 Å². The van der Waals surface area contributed by atoms with E-state index < -0.39 is 11.7 Å². The van der Waals surface area contributed by atoms with Gasteiger partial charge in [0, 0.05) is 5.56 Å². The molecular formula is C14H9F3N2. The van der Waals surface area contributed by atoms with Crippen molar-refractivity contribution in [3.63, 3.8) is 0 Å². The van der Waals surface area contributed by atoms with Crippen LogP contribution >= 0.6 is 0 Å². The third-order valence-electron chi connectivity index (χ3n) is 2.58. The van der Waals surface area contributed by atoms with Crippen LogP contribution in [-0.2, 0) is 12.6 Å². The summed E-state index contributed by atoms with van der Waals surface area (Å²) in [5, 5.41) is 8.59. The van der Waals surface area contributed by atoms with Gasteiger partial charge in [-0.25, -0.2) is 0 Å². The molecule has 0 aliphatic carbocycles. The molecule has 2 nitrogen and oxygen atoms in total. The average molecular weight is 262 g/mol. The number of alkyl halides is 3. The minimum Gasteiger partial charge on any atom is -0.252 e. The Balaban J connectivity index is 2.54. The van der Waals surface area contributed by atoms with Gasteiger partial charge in [0.15, 0.2) is 0 Å². The maximum atomic E-state index is 12.9. The van der Waals surface area contributed by atoms with Gasteiger partial charge >= 0.3 is 6.18 Å². The second kappa shape index (κ2) is 5.11. The van der Waals surface area contributed by atoms with Crippen molar-refractivity contribution in [2.45, 2.75) is 12.6 Å². The lowest BCUT2D eigenvalue weighted by Gasteiger charge is -2.12. The van der Waals surface area contributed by atoms with Crippen LogP contribution in [0, 0.1) is 11.3 Å². The fraction of sp³-hybridized carbons (Fsp3) is 0.143. The number of benzene rings is 1. The summed E-state index contributed by atoms with van der Waals surface area (Å²) in [4.78, 5) is 4.08. The molecule has 0 unspecified atom stereocenters. The van der Waals surface area contributed by atoms with Crippen LogP contribution in [0.2, 0.25) is 0 Å². The Morgan fingerprint density at radius 3 is 2.47 bits per heavy atom. The lowest BCUT2D eigenvalue weighted by molar-refractivity contribution is -0.137. The van der Waals surface area contributed by atoms with Gasteiger partial charge in [-0.15, -0.1) is 0 Å². The van der Waals surface area contributed by atoms with E-state index in [0.717, 1.165) is 6.07 Å². The molecule has 0 atom stereocenters. The third-order valence-corrected chi connectivity index (χ3v) is 2.58. The zero-order valence-electron chi connectivity index (χ0n) is 9.78. The highest BCUT2D eigenvalue weighted by Crippen LogP contribution is 2.36. The molecule has 5 heteroatoms. The van der Waals surface area contributed by atoms with Crippen molar-refractivity contribution in [3.8, 4) is 17.3 Å². The van der Waals surface area contributed by atoms with Crippen LogP contribution in [0.5, 0.6) is 0 Å². The molecule has 0 radical (unpaired) electrons. The lowest BCUT2D eigenvalue weighted by Crippen LogP contribution is -2.07. The van der Waals surface area contributed by atoms with Gasteiger partial charge in [0.05, 0.1) is 29.4 Å². The average Bonchev–Trinajstić information content (AvgIpc) is 2.38.